The Labute approximate surface area is 406 Å². The van der Waals surface area contributed by atoms with E-state index in [1.54, 1.807) is 31.2 Å². The van der Waals surface area contributed by atoms with Gasteiger partial charge < -0.3 is 63.9 Å². The number of aliphatic hydroxyl groups excluding tert-OH is 2. The highest BCUT2D eigenvalue weighted by Gasteiger charge is 2.54. The van der Waals surface area contributed by atoms with Crippen molar-refractivity contribution in [1.82, 2.24) is 5.32 Å². The van der Waals surface area contributed by atoms with Crippen LogP contribution < -0.4 is 30.2 Å². The topological polar surface area (TPSA) is 284 Å². The number of amides is 3. The number of hydrogen-bond acceptors (Lipinski definition) is 20. The van der Waals surface area contributed by atoms with Crippen LogP contribution in [-0.4, -0.2) is 147 Å². The molecule has 1 spiro atoms. The summed E-state index contributed by atoms with van der Waals surface area (Å²) < 4.78 is 50.1. The molecule has 7 atom stereocenters. The van der Waals surface area contributed by atoms with Crippen molar-refractivity contribution in [2.45, 2.75) is 81.5 Å². The van der Waals surface area contributed by atoms with Gasteiger partial charge in [-0.25, -0.2) is 9.69 Å². The van der Waals surface area contributed by atoms with Crippen LogP contribution in [0.1, 0.15) is 67.1 Å². The van der Waals surface area contributed by atoms with Gasteiger partial charge in [-0.1, -0.05) is 13.0 Å². The second-order valence-corrected chi connectivity index (χ2v) is 18.1. The number of hydrogen-bond donors (Lipinski definition) is 4. The minimum absolute atomic E-state index is 0.0231. The molecule has 70 heavy (non-hydrogen) atoms. The molecule has 7 rings (SSSR count). The summed E-state index contributed by atoms with van der Waals surface area (Å²) in [6.07, 6.45) is -3.42. The van der Waals surface area contributed by atoms with Crippen LogP contribution in [0.5, 0.6) is 23.0 Å². The van der Waals surface area contributed by atoms with E-state index in [4.69, 9.17) is 48.4 Å². The van der Waals surface area contributed by atoms with Crippen LogP contribution >= 0.6 is 11.8 Å². The Bertz CT molecular complexity index is 2420. The number of ketones is 1. The highest BCUT2D eigenvalue weighted by atomic mass is 32.2. The highest BCUT2D eigenvalue weighted by Crippen LogP contribution is 2.57. The number of nitrogens with one attached hydrogen (secondary N) is 1. The van der Waals surface area contributed by atoms with Gasteiger partial charge >= 0.3 is 17.9 Å². The number of aliphatic hydroxyl groups is 2. The lowest BCUT2D eigenvalue weighted by Gasteiger charge is -2.40. The van der Waals surface area contributed by atoms with E-state index in [-0.39, 0.29) is 111 Å². The molecule has 4 heterocycles. The molecule has 22 heteroatoms. The molecule has 0 saturated carbocycles. The summed E-state index contributed by atoms with van der Waals surface area (Å²) >= 11 is 1.11. The zero-order valence-electron chi connectivity index (χ0n) is 38.9. The van der Waals surface area contributed by atoms with Crippen molar-refractivity contribution in [3.8, 4) is 23.0 Å². The first-order valence-electron chi connectivity index (χ1n) is 22.5. The van der Waals surface area contributed by atoms with Gasteiger partial charge in [-0.2, -0.15) is 0 Å². The summed E-state index contributed by atoms with van der Waals surface area (Å²) in [6, 6.07) is 12.9. The average Bonchev–Trinajstić information content (AvgIpc) is 3.77. The third kappa shape index (κ3) is 11.5. The van der Waals surface area contributed by atoms with Crippen molar-refractivity contribution in [3.05, 3.63) is 76.9 Å². The summed E-state index contributed by atoms with van der Waals surface area (Å²) in [5, 5.41) is 22.0. The zero-order valence-corrected chi connectivity index (χ0v) is 39.7. The van der Waals surface area contributed by atoms with E-state index in [0.717, 1.165) is 16.7 Å². The predicted octanol–water partition coefficient (Wildman–Crippen LogP) is 2.04. The van der Waals surface area contributed by atoms with Gasteiger partial charge in [-0.05, 0) is 42.8 Å². The van der Waals surface area contributed by atoms with E-state index in [1.807, 2.05) is 0 Å². The van der Waals surface area contributed by atoms with E-state index < -0.39 is 77.1 Å². The number of carbonyl (C=O) groups excluding carboxylic acids is 7. The Morgan fingerprint density at radius 2 is 1.51 bits per heavy atom. The van der Waals surface area contributed by atoms with Gasteiger partial charge in [0.25, 0.3) is 0 Å². The van der Waals surface area contributed by atoms with Crippen LogP contribution in [0, 0.1) is 5.92 Å². The van der Waals surface area contributed by atoms with E-state index in [0.29, 0.717) is 23.1 Å². The summed E-state index contributed by atoms with van der Waals surface area (Å²) in [5.74, 6) is -3.12. The third-order valence-corrected chi connectivity index (χ3v) is 13.3. The third-order valence-electron chi connectivity index (χ3n) is 12.0. The van der Waals surface area contributed by atoms with Crippen molar-refractivity contribution >= 4 is 58.9 Å². The summed E-state index contributed by atoms with van der Waals surface area (Å²) in [5.41, 5.74) is 6.03. The Kier molecular flexibility index (Phi) is 17.0. The van der Waals surface area contributed by atoms with Gasteiger partial charge in [-0.15, -0.1) is 11.8 Å². The number of imide groups is 1. The number of Topliss-reactive ketones (excluding diaryl/α,β-unsaturated/α-hetero) is 1. The average molecular weight is 994 g/mol. The van der Waals surface area contributed by atoms with Crippen LogP contribution in [0.25, 0.3) is 0 Å². The minimum atomic E-state index is -1.58. The van der Waals surface area contributed by atoms with Gasteiger partial charge in [0.15, 0.2) is 11.9 Å². The van der Waals surface area contributed by atoms with Gasteiger partial charge in [-0.3, -0.25) is 28.8 Å². The maximum atomic E-state index is 13.8. The molecule has 0 aromatic heterocycles. The van der Waals surface area contributed by atoms with E-state index >= 15 is 0 Å². The maximum Gasteiger partial charge on any atom is 0.340 e. The fraction of sp³-hybridized carbons (Fsp3) is 0.479. The van der Waals surface area contributed by atoms with E-state index in [2.05, 4.69) is 5.32 Å². The number of nitrogens with zero attached hydrogens (tertiary/aromatic N) is 1. The summed E-state index contributed by atoms with van der Waals surface area (Å²) in [4.78, 5) is 90.4. The molecule has 2 fully saturated rings. The standard InChI is InChI=1S/C48H55N3O18S/c1-25-39(68-47(61-4)44(58)43(25)57)22-64-23-41(55)50-13-15-63-17-16-62-14-5-6-36(54)35(49)24-70-40-21-42(56)51(45(40)59)28-7-10-32-31(18-28)46(60)69-48(32)33-11-8-29(65-26(2)52)19-37(33)67-38-20-30(66-27(3)53)9-12-34(38)48/h7-12,18-20,25,35,39-40,43-44,47,57-58H,5-6,13-17,21-24,49H2,1-4H3,(H,50,55)/t25-,35?,39?,40?,43+,44?,47-/m1/s1. The van der Waals surface area contributed by atoms with Crippen LogP contribution in [0.2, 0.25) is 0 Å². The van der Waals surface area contributed by atoms with Crippen LogP contribution in [-0.2, 0) is 62.8 Å². The molecule has 4 aliphatic rings. The molecule has 376 valence electrons. The molecule has 2 saturated heterocycles. The molecule has 3 amide bonds. The Balaban J connectivity index is 0.839. The lowest BCUT2D eigenvalue weighted by atomic mass is 9.77. The van der Waals surface area contributed by atoms with Crippen LogP contribution in [0.3, 0.4) is 0 Å². The number of benzene rings is 3. The monoisotopic (exact) mass is 993 g/mol. The number of ether oxygens (including phenoxy) is 9. The number of anilines is 1. The van der Waals surface area contributed by atoms with Crippen molar-refractivity contribution in [3.63, 3.8) is 0 Å². The van der Waals surface area contributed by atoms with Gasteiger partial charge in [0, 0.05) is 87.4 Å². The molecule has 3 aromatic rings. The van der Waals surface area contributed by atoms with Crippen molar-refractivity contribution in [1.29, 1.82) is 0 Å². The molecule has 4 aliphatic heterocycles. The smallest absolute Gasteiger partial charge is 0.340 e. The van der Waals surface area contributed by atoms with E-state index in [9.17, 15) is 43.8 Å². The number of thioether (sulfide) groups is 1. The van der Waals surface area contributed by atoms with E-state index in [1.165, 1.54) is 51.3 Å². The number of methoxy groups -OCH3 is 1. The first kappa shape index (κ1) is 52.0. The Morgan fingerprint density at radius 3 is 2.16 bits per heavy atom. The maximum absolute atomic E-state index is 13.8. The quantitative estimate of drug-likeness (QED) is 0.0485. The van der Waals surface area contributed by atoms with Crippen molar-refractivity contribution < 1.29 is 86.4 Å². The molecule has 3 aromatic carbocycles. The molecular formula is C48H55N3O18S. The highest BCUT2D eigenvalue weighted by molar-refractivity contribution is 8.00. The number of rotatable bonds is 22. The lowest BCUT2D eigenvalue weighted by molar-refractivity contribution is -0.282. The number of fused-ring (bicyclic) bond motifs is 6. The normalized spacial score (nSPS) is 22.4. The van der Waals surface area contributed by atoms with Crippen molar-refractivity contribution in [2.75, 3.05) is 63.9 Å². The molecule has 0 radical (unpaired) electrons. The van der Waals surface area contributed by atoms with Gasteiger partial charge in [0.1, 0.15) is 41.5 Å². The number of carbonyl (C=O) groups is 7. The fourth-order valence-electron chi connectivity index (χ4n) is 8.48. The predicted molar refractivity (Wildman–Crippen MR) is 245 cm³/mol. The van der Waals surface area contributed by atoms with Gasteiger partial charge in [0.05, 0.1) is 61.2 Å². The Hall–Kier alpha value is -5.82. The number of esters is 3. The Morgan fingerprint density at radius 1 is 0.871 bits per heavy atom. The molecule has 0 aliphatic carbocycles. The van der Waals surface area contributed by atoms with Crippen molar-refractivity contribution in [2.24, 2.45) is 11.7 Å². The fourth-order valence-corrected chi connectivity index (χ4v) is 9.62. The second-order valence-electron chi connectivity index (χ2n) is 16.9. The molecular weight excluding hydrogens is 939 g/mol. The molecule has 4 unspecified atom stereocenters. The van der Waals surface area contributed by atoms with Crippen LogP contribution in [0.4, 0.5) is 5.69 Å². The molecule has 21 nitrogen and oxygen atoms in total. The SMILES string of the molecule is CO[C@@H]1OC(COCC(=O)NCCOCCOCCCC(=O)C(N)CSC2CC(=O)N(c3ccc4c(c3)C(=O)OC43c4ccc(OC(C)=O)cc4Oc4cc(OC(C)=O)ccc43)C2=O)[C@@H](C)[C@H](O)C1O. The first-order chi connectivity index (χ1) is 33.5. The minimum Gasteiger partial charge on any atom is -0.456 e. The number of nitrogens with two attached hydrogens (primary N) is 1. The molecule has 5 N–H and O–H groups in total. The van der Waals surface area contributed by atoms with Gasteiger partial charge in [0.2, 0.25) is 17.7 Å². The second kappa shape index (κ2) is 22.9. The zero-order chi connectivity index (χ0) is 50.3. The first-order valence-corrected chi connectivity index (χ1v) is 23.6. The van der Waals surface area contributed by atoms with Crippen LogP contribution in [0.15, 0.2) is 54.6 Å². The lowest BCUT2D eigenvalue weighted by Crippen LogP contribution is -2.55. The largest absolute Gasteiger partial charge is 0.456 e. The summed E-state index contributed by atoms with van der Waals surface area (Å²) in [6.45, 7) is 5.23. The summed E-state index contributed by atoms with van der Waals surface area (Å²) in [7, 11) is 1.35. The molecule has 0 bridgehead atoms.